The second-order valence-corrected chi connectivity index (χ2v) is 12.2. The summed E-state index contributed by atoms with van der Waals surface area (Å²) in [7, 11) is 1.66. The number of aryl methyl sites for hydroxylation is 1. The van der Waals surface area contributed by atoms with Crippen molar-refractivity contribution in [2.45, 2.75) is 37.8 Å². The number of benzene rings is 3. The molecule has 4 N–H and O–H groups in total. The Balaban J connectivity index is 1.47. The molecule has 1 aromatic heterocycles. The number of anilines is 4. The third kappa shape index (κ3) is 6.91. The summed E-state index contributed by atoms with van der Waals surface area (Å²) in [6, 6.07) is 9.72. The number of aromatic nitrogens is 2. The molecule has 2 atom stereocenters. The van der Waals surface area contributed by atoms with Crippen LogP contribution in [-0.4, -0.2) is 57.5 Å². The number of hydrogen-bond donors (Lipinski definition) is 4. The Kier molecular flexibility index (Phi) is 9.52. The Bertz CT molecular complexity index is 1880. The molecule has 0 aliphatic carbocycles. The van der Waals surface area contributed by atoms with Gasteiger partial charge in [0.15, 0.2) is 0 Å². The van der Waals surface area contributed by atoms with E-state index in [4.69, 9.17) is 34.8 Å². The molecule has 2 amide bonds. The fraction of sp³-hybridized carbons (Fsp3) is 0.300. The molecule has 17 heteroatoms. The van der Waals surface area contributed by atoms with Crippen molar-refractivity contribution in [1.29, 1.82) is 0 Å². The molecule has 0 radical (unpaired) electrons. The molecule has 2 heterocycles. The highest BCUT2D eigenvalue weighted by atomic mass is 35.5. The van der Waals surface area contributed by atoms with Gasteiger partial charge in [-0.1, -0.05) is 40.9 Å². The average Bonchev–Trinajstić information content (AvgIpc) is 3.57. The molecule has 0 bridgehead atoms. The third-order valence-corrected chi connectivity index (χ3v) is 8.77. The predicted octanol–water partition coefficient (Wildman–Crippen LogP) is 7.15. The molecule has 1 aliphatic rings. The summed E-state index contributed by atoms with van der Waals surface area (Å²) in [5, 5.41) is 17.2. The average molecular weight is 720 g/mol. The van der Waals surface area contributed by atoms with Crippen LogP contribution in [0.4, 0.5) is 45.0 Å². The normalized spacial score (nSPS) is 16.3. The first-order valence-electron chi connectivity index (χ1n) is 13.9. The molecule has 4 aromatic rings. The molecule has 1 aliphatic heterocycles. The van der Waals surface area contributed by atoms with Crippen LogP contribution in [0.2, 0.25) is 15.1 Å². The van der Waals surface area contributed by atoms with Crippen LogP contribution in [0.3, 0.4) is 0 Å². The van der Waals surface area contributed by atoms with Gasteiger partial charge in [0.05, 0.1) is 43.0 Å². The fourth-order valence-electron chi connectivity index (χ4n) is 4.93. The van der Waals surface area contributed by atoms with Gasteiger partial charge in [0, 0.05) is 32.4 Å². The number of fused-ring (bicyclic) bond motifs is 1. The zero-order valence-electron chi connectivity index (χ0n) is 24.6. The molecular formula is C30H26Cl3F5N6O3. The van der Waals surface area contributed by atoms with Crippen LogP contribution in [0.25, 0.3) is 11.0 Å². The second-order valence-electron chi connectivity index (χ2n) is 11.0. The van der Waals surface area contributed by atoms with Gasteiger partial charge in [0.25, 0.3) is 11.8 Å². The van der Waals surface area contributed by atoms with E-state index in [1.165, 1.54) is 30.3 Å². The van der Waals surface area contributed by atoms with Crippen molar-refractivity contribution in [3.05, 3.63) is 74.5 Å². The lowest BCUT2D eigenvalue weighted by Gasteiger charge is -2.25. The topological polar surface area (TPSA) is 112 Å². The Labute approximate surface area is 279 Å². The maximum absolute atomic E-state index is 14.2. The number of nitrogens with zero attached hydrogens (tertiary/aromatic N) is 3. The number of imidazole rings is 1. The van der Waals surface area contributed by atoms with E-state index in [9.17, 15) is 36.6 Å². The number of aliphatic hydroxyl groups is 1. The van der Waals surface area contributed by atoms with Crippen molar-refractivity contribution in [3.63, 3.8) is 0 Å². The van der Waals surface area contributed by atoms with Crippen molar-refractivity contribution in [3.8, 4) is 0 Å². The zero-order chi connectivity index (χ0) is 34.4. The van der Waals surface area contributed by atoms with Crippen LogP contribution in [0.5, 0.6) is 0 Å². The van der Waals surface area contributed by atoms with Gasteiger partial charge < -0.3 is 30.5 Å². The van der Waals surface area contributed by atoms with Gasteiger partial charge in [0.1, 0.15) is 12.0 Å². The summed E-state index contributed by atoms with van der Waals surface area (Å²) >= 11 is 18.8. The Morgan fingerprint density at radius 1 is 1.09 bits per heavy atom. The summed E-state index contributed by atoms with van der Waals surface area (Å²) < 4.78 is 68.8. The van der Waals surface area contributed by atoms with Gasteiger partial charge >= 0.3 is 6.18 Å². The largest absolute Gasteiger partial charge is 0.426 e. The number of nitrogens with one attached hydrogen (secondary N) is 3. The molecule has 3 aromatic carbocycles. The van der Waals surface area contributed by atoms with E-state index in [1.807, 2.05) is 5.32 Å². The smallest absolute Gasteiger partial charge is 0.373 e. The van der Waals surface area contributed by atoms with Gasteiger partial charge in [-0.3, -0.25) is 9.59 Å². The summed E-state index contributed by atoms with van der Waals surface area (Å²) in [6.45, 7) is 0.281. The minimum atomic E-state index is -5.20. The highest BCUT2D eigenvalue weighted by molar-refractivity contribution is 6.39. The molecule has 0 unspecified atom stereocenters. The highest BCUT2D eigenvalue weighted by Crippen LogP contribution is 2.38. The van der Waals surface area contributed by atoms with E-state index in [1.54, 1.807) is 22.6 Å². The standard InChI is InChI=1S/C30H26Cl3F5N6O3/c1-29(47,30(36,37)38)27(46)39-12-14-3-5-18(31)25(24(14)33)42-28-41-21-10-17(26(45)40-16-4-6-20(35)19(32)9-16)22(11-23(21)43(28)2)44-8-7-15(34)13-44/h3-6,9-11,15,47H,7-8,12-13H2,1-2H3,(H,39,46)(H,40,45)(H,41,42)/t15-,29+/m1/s1. The van der Waals surface area contributed by atoms with Crippen molar-refractivity contribution in [1.82, 2.24) is 14.9 Å². The number of carbonyl (C=O) groups is 2. The van der Waals surface area contributed by atoms with E-state index >= 15 is 0 Å². The molecule has 47 heavy (non-hydrogen) atoms. The van der Waals surface area contributed by atoms with Crippen LogP contribution in [0, 0.1) is 5.82 Å². The van der Waals surface area contributed by atoms with Gasteiger partial charge in [0.2, 0.25) is 11.5 Å². The van der Waals surface area contributed by atoms with E-state index in [0.29, 0.717) is 30.2 Å². The number of carbonyl (C=O) groups excluding carboxylic acids is 2. The summed E-state index contributed by atoms with van der Waals surface area (Å²) in [6.07, 6.45) is -6.03. The zero-order valence-corrected chi connectivity index (χ0v) is 26.8. The first-order valence-corrected chi connectivity index (χ1v) is 15.1. The predicted molar refractivity (Wildman–Crippen MR) is 170 cm³/mol. The van der Waals surface area contributed by atoms with E-state index in [-0.39, 0.29) is 56.5 Å². The molecule has 0 spiro atoms. The van der Waals surface area contributed by atoms with Gasteiger partial charge in [-0.15, -0.1) is 0 Å². The number of rotatable bonds is 8. The van der Waals surface area contributed by atoms with Crippen LogP contribution in [0.1, 0.15) is 29.3 Å². The van der Waals surface area contributed by atoms with Crippen LogP contribution < -0.4 is 20.9 Å². The van der Waals surface area contributed by atoms with E-state index in [2.05, 4.69) is 15.6 Å². The van der Waals surface area contributed by atoms with Crippen LogP contribution in [0.15, 0.2) is 42.5 Å². The third-order valence-electron chi connectivity index (χ3n) is 7.73. The Morgan fingerprint density at radius 2 is 1.81 bits per heavy atom. The first kappa shape index (κ1) is 34.5. The highest BCUT2D eigenvalue weighted by Gasteiger charge is 2.55. The fourth-order valence-corrected chi connectivity index (χ4v) is 5.64. The van der Waals surface area contributed by atoms with Gasteiger partial charge in [-0.2, -0.15) is 13.2 Å². The molecule has 1 saturated heterocycles. The van der Waals surface area contributed by atoms with Crippen molar-refractivity contribution in [2.75, 3.05) is 28.6 Å². The summed E-state index contributed by atoms with van der Waals surface area (Å²) in [4.78, 5) is 31.9. The lowest BCUT2D eigenvalue weighted by atomic mass is 10.1. The maximum atomic E-state index is 14.2. The molecule has 9 nitrogen and oxygen atoms in total. The molecule has 1 fully saturated rings. The maximum Gasteiger partial charge on any atom is 0.426 e. The Morgan fingerprint density at radius 3 is 2.45 bits per heavy atom. The van der Waals surface area contributed by atoms with Crippen LogP contribution >= 0.6 is 34.8 Å². The first-order chi connectivity index (χ1) is 22.0. The van der Waals surface area contributed by atoms with E-state index < -0.39 is 42.1 Å². The lowest BCUT2D eigenvalue weighted by molar-refractivity contribution is -0.245. The van der Waals surface area contributed by atoms with Crippen LogP contribution in [-0.2, 0) is 18.4 Å². The number of hydrogen-bond acceptors (Lipinski definition) is 6. The lowest BCUT2D eigenvalue weighted by Crippen LogP contribution is -2.54. The summed E-state index contributed by atoms with van der Waals surface area (Å²) in [5.41, 5.74) is -1.60. The Hall–Kier alpha value is -3.85. The SMILES string of the molecule is Cn1c(Nc2c(Cl)ccc(CNC(=O)[C@](C)(O)C(F)(F)F)c2Cl)nc2cc(C(=O)Nc3ccc(F)c(Cl)c3)c(N3CC[C@@H](F)C3)cc21. The number of alkyl halides is 4. The minimum Gasteiger partial charge on any atom is -0.373 e. The minimum absolute atomic E-state index is 0.0405. The number of amides is 2. The molecular weight excluding hydrogens is 694 g/mol. The second kappa shape index (κ2) is 13.0. The van der Waals surface area contributed by atoms with Gasteiger partial charge in [-0.05, 0) is 55.3 Å². The molecule has 5 rings (SSSR count). The number of halogens is 8. The van der Waals surface area contributed by atoms with Crippen molar-refractivity contribution < 1.29 is 36.6 Å². The summed E-state index contributed by atoms with van der Waals surface area (Å²) in [5.74, 6) is -2.70. The molecule has 250 valence electrons. The van der Waals surface area contributed by atoms with Crippen molar-refractivity contribution >= 4 is 80.7 Å². The quantitative estimate of drug-likeness (QED) is 0.144. The van der Waals surface area contributed by atoms with Gasteiger partial charge in [-0.25, -0.2) is 13.8 Å². The monoisotopic (exact) mass is 718 g/mol. The van der Waals surface area contributed by atoms with E-state index in [0.717, 1.165) is 6.07 Å². The van der Waals surface area contributed by atoms with Crippen molar-refractivity contribution in [2.24, 2.45) is 7.05 Å². The molecule has 0 saturated carbocycles.